The van der Waals surface area contributed by atoms with E-state index in [1.165, 1.54) is 0 Å². The minimum atomic E-state index is -0.561. The lowest BCUT2D eigenvalue weighted by atomic mass is 10.3. The summed E-state index contributed by atoms with van der Waals surface area (Å²) in [5.41, 5.74) is 0. The number of para-hydroxylation sites is 1. The molecule has 0 radical (unpaired) electrons. The molecule has 0 N–H and O–H groups in total. The fraction of sp³-hybridized carbons (Fsp3) is 0.562. The molecule has 6 heteroatoms. The summed E-state index contributed by atoms with van der Waals surface area (Å²) < 4.78 is 11.0. The zero-order valence-electron chi connectivity index (χ0n) is 13.1. The zero-order valence-corrected chi connectivity index (χ0v) is 13.9. The van der Waals surface area contributed by atoms with E-state index in [1.807, 2.05) is 12.1 Å². The van der Waals surface area contributed by atoms with Gasteiger partial charge in [-0.15, -0.1) is 0 Å². The van der Waals surface area contributed by atoms with Gasteiger partial charge in [0, 0.05) is 33.2 Å². The van der Waals surface area contributed by atoms with Crippen LogP contribution in [0.2, 0.25) is 5.02 Å². The maximum absolute atomic E-state index is 12.3. The number of hydrogen-bond acceptors (Lipinski definition) is 4. The highest BCUT2D eigenvalue weighted by Crippen LogP contribution is 2.24. The fourth-order valence-electron chi connectivity index (χ4n) is 2.32. The number of hydrogen-bond donors (Lipinski definition) is 0. The lowest BCUT2D eigenvalue weighted by Gasteiger charge is -2.29. The third-order valence-corrected chi connectivity index (χ3v) is 4.03. The molecule has 1 fully saturated rings. The van der Waals surface area contributed by atoms with Gasteiger partial charge in [0.25, 0.3) is 5.91 Å². The predicted molar refractivity (Wildman–Crippen MR) is 86.4 cm³/mol. The van der Waals surface area contributed by atoms with E-state index in [4.69, 9.17) is 21.1 Å². The molecule has 0 spiro atoms. The number of benzene rings is 1. The van der Waals surface area contributed by atoms with Gasteiger partial charge in [-0.2, -0.15) is 0 Å². The number of amides is 1. The minimum absolute atomic E-state index is 0.0480. The fourth-order valence-corrected chi connectivity index (χ4v) is 2.50. The molecule has 1 heterocycles. The highest BCUT2D eigenvalue weighted by Gasteiger charge is 2.21. The molecule has 122 valence electrons. The molecular formula is C16H23ClN2O3. The van der Waals surface area contributed by atoms with Crippen LogP contribution >= 0.6 is 11.6 Å². The van der Waals surface area contributed by atoms with Crippen molar-refractivity contribution in [2.75, 3.05) is 46.4 Å². The van der Waals surface area contributed by atoms with Crippen molar-refractivity contribution >= 4 is 17.5 Å². The van der Waals surface area contributed by atoms with Gasteiger partial charge in [0.2, 0.25) is 0 Å². The number of morpholine rings is 1. The van der Waals surface area contributed by atoms with Gasteiger partial charge in [-0.25, -0.2) is 0 Å². The summed E-state index contributed by atoms with van der Waals surface area (Å²) >= 11 is 6.05. The van der Waals surface area contributed by atoms with Crippen molar-refractivity contribution in [3.8, 4) is 5.75 Å². The first-order valence-corrected chi connectivity index (χ1v) is 7.92. The minimum Gasteiger partial charge on any atom is -0.479 e. The summed E-state index contributed by atoms with van der Waals surface area (Å²) in [6, 6.07) is 7.17. The van der Waals surface area contributed by atoms with Crippen LogP contribution < -0.4 is 4.74 Å². The van der Waals surface area contributed by atoms with E-state index in [1.54, 1.807) is 31.0 Å². The average Bonchev–Trinajstić information content (AvgIpc) is 2.55. The lowest BCUT2D eigenvalue weighted by Crippen LogP contribution is -2.44. The third-order valence-electron chi connectivity index (χ3n) is 3.72. The van der Waals surface area contributed by atoms with Crippen LogP contribution in [0.3, 0.4) is 0 Å². The summed E-state index contributed by atoms with van der Waals surface area (Å²) in [7, 11) is 1.80. The molecule has 0 unspecified atom stereocenters. The number of halogens is 1. The van der Waals surface area contributed by atoms with Crippen LogP contribution in [0.4, 0.5) is 0 Å². The normalized spacial score (nSPS) is 17.0. The molecule has 1 aliphatic heterocycles. The Labute approximate surface area is 136 Å². The van der Waals surface area contributed by atoms with E-state index in [9.17, 15) is 4.79 Å². The van der Waals surface area contributed by atoms with Crippen LogP contribution in [0.25, 0.3) is 0 Å². The van der Waals surface area contributed by atoms with Gasteiger partial charge in [0.1, 0.15) is 5.75 Å². The van der Waals surface area contributed by atoms with Gasteiger partial charge in [-0.3, -0.25) is 9.69 Å². The standard InChI is InChI=1S/C16H23ClN2O3/c1-13(22-15-6-4-3-5-14(15)17)16(20)18(2)7-8-19-9-11-21-12-10-19/h3-6,13H,7-12H2,1-2H3/t13-/m1/s1. The number of carbonyl (C=O) groups excluding carboxylic acids is 1. The Bertz CT molecular complexity index is 492. The lowest BCUT2D eigenvalue weighted by molar-refractivity contribution is -0.136. The first-order chi connectivity index (χ1) is 10.6. The van der Waals surface area contributed by atoms with Crippen molar-refractivity contribution in [2.24, 2.45) is 0 Å². The van der Waals surface area contributed by atoms with Crippen LogP contribution in [-0.2, 0) is 9.53 Å². The molecule has 5 nitrogen and oxygen atoms in total. The summed E-state index contributed by atoms with van der Waals surface area (Å²) in [5, 5.41) is 0.512. The van der Waals surface area contributed by atoms with Gasteiger partial charge in [0.05, 0.1) is 18.2 Å². The SMILES string of the molecule is C[C@@H](Oc1ccccc1Cl)C(=O)N(C)CCN1CCOCC1. The number of likely N-dealkylation sites (N-methyl/N-ethyl adjacent to an activating group) is 1. The van der Waals surface area contributed by atoms with Crippen molar-refractivity contribution in [3.63, 3.8) is 0 Å². The summed E-state index contributed by atoms with van der Waals surface area (Å²) in [6.45, 7) is 6.66. The van der Waals surface area contributed by atoms with E-state index < -0.39 is 6.10 Å². The van der Waals surface area contributed by atoms with Gasteiger partial charge >= 0.3 is 0 Å². The van der Waals surface area contributed by atoms with Crippen molar-refractivity contribution in [1.82, 2.24) is 9.80 Å². The number of rotatable bonds is 6. The maximum Gasteiger partial charge on any atom is 0.263 e. The Hall–Kier alpha value is -1.30. The van der Waals surface area contributed by atoms with Gasteiger partial charge in [-0.05, 0) is 19.1 Å². The Balaban J connectivity index is 1.80. The molecule has 1 atom stereocenters. The van der Waals surface area contributed by atoms with Crippen LogP contribution in [0, 0.1) is 0 Å². The number of nitrogens with zero attached hydrogens (tertiary/aromatic N) is 2. The molecule has 1 amide bonds. The first kappa shape index (κ1) is 17.1. The highest BCUT2D eigenvalue weighted by atomic mass is 35.5. The second kappa shape index (κ2) is 8.36. The van der Waals surface area contributed by atoms with Crippen LogP contribution in [0.1, 0.15) is 6.92 Å². The summed E-state index contributed by atoms with van der Waals surface area (Å²) in [5.74, 6) is 0.486. The van der Waals surface area contributed by atoms with Gasteiger partial charge in [-0.1, -0.05) is 23.7 Å². The van der Waals surface area contributed by atoms with E-state index in [-0.39, 0.29) is 5.91 Å². The Morgan fingerprint density at radius 1 is 1.41 bits per heavy atom. The largest absolute Gasteiger partial charge is 0.479 e. The summed E-state index contributed by atoms with van der Waals surface area (Å²) in [4.78, 5) is 16.3. The molecule has 0 saturated carbocycles. The second-order valence-electron chi connectivity index (χ2n) is 5.40. The van der Waals surface area contributed by atoms with E-state index in [0.29, 0.717) is 17.3 Å². The van der Waals surface area contributed by atoms with Crippen molar-refractivity contribution in [1.29, 1.82) is 0 Å². The first-order valence-electron chi connectivity index (χ1n) is 7.54. The molecular weight excluding hydrogens is 304 g/mol. The average molecular weight is 327 g/mol. The Kier molecular flexibility index (Phi) is 6.49. The molecule has 0 aliphatic carbocycles. The molecule has 22 heavy (non-hydrogen) atoms. The molecule has 0 bridgehead atoms. The molecule has 1 aromatic carbocycles. The number of carbonyl (C=O) groups is 1. The van der Waals surface area contributed by atoms with Gasteiger partial charge in [0.15, 0.2) is 6.10 Å². The molecule has 1 aliphatic rings. The second-order valence-corrected chi connectivity index (χ2v) is 5.81. The van der Waals surface area contributed by atoms with E-state index in [0.717, 1.165) is 32.8 Å². The van der Waals surface area contributed by atoms with Gasteiger partial charge < -0.3 is 14.4 Å². The predicted octanol–water partition coefficient (Wildman–Crippen LogP) is 1.90. The maximum atomic E-state index is 12.3. The van der Waals surface area contributed by atoms with Crippen LogP contribution in [0.15, 0.2) is 24.3 Å². The summed E-state index contributed by atoms with van der Waals surface area (Å²) in [6.07, 6.45) is -0.561. The van der Waals surface area contributed by atoms with Crippen molar-refractivity contribution in [2.45, 2.75) is 13.0 Å². The quantitative estimate of drug-likeness (QED) is 0.800. The molecule has 0 aromatic heterocycles. The monoisotopic (exact) mass is 326 g/mol. The van der Waals surface area contributed by atoms with Crippen molar-refractivity contribution in [3.05, 3.63) is 29.3 Å². The zero-order chi connectivity index (χ0) is 15.9. The van der Waals surface area contributed by atoms with E-state index >= 15 is 0 Å². The number of ether oxygens (including phenoxy) is 2. The highest BCUT2D eigenvalue weighted by molar-refractivity contribution is 6.32. The Morgan fingerprint density at radius 3 is 2.77 bits per heavy atom. The van der Waals surface area contributed by atoms with Crippen molar-refractivity contribution < 1.29 is 14.3 Å². The molecule has 2 rings (SSSR count). The van der Waals surface area contributed by atoms with Crippen LogP contribution in [0.5, 0.6) is 5.75 Å². The topological polar surface area (TPSA) is 42.0 Å². The molecule has 1 saturated heterocycles. The third kappa shape index (κ3) is 4.87. The molecule has 1 aromatic rings. The smallest absolute Gasteiger partial charge is 0.263 e. The Morgan fingerprint density at radius 2 is 2.09 bits per heavy atom. The van der Waals surface area contributed by atoms with Crippen LogP contribution in [-0.4, -0.2) is 68.3 Å². The van der Waals surface area contributed by atoms with E-state index in [2.05, 4.69) is 4.90 Å².